The second kappa shape index (κ2) is 12.0. The third kappa shape index (κ3) is 6.50. The number of hydrogen-bond acceptors (Lipinski definition) is 4. The van der Waals surface area contributed by atoms with E-state index >= 15 is 0 Å². The fourth-order valence-corrected chi connectivity index (χ4v) is 3.77. The van der Waals surface area contributed by atoms with Crippen LogP contribution < -0.4 is 15.4 Å². The van der Waals surface area contributed by atoms with Crippen molar-refractivity contribution < 1.29 is 9.84 Å². The van der Waals surface area contributed by atoms with Crippen LogP contribution >= 0.6 is 24.0 Å². The van der Waals surface area contributed by atoms with Gasteiger partial charge in [-0.05, 0) is 43.5 Å². The van der Waals surface area contributed by atoms with E-state index in [4.69, 9.17) is 4.74 Å². The maximum absolute atomic E-state index is 10.1. The number of rotatable bonds is 6. The van der Waals surface area contributed by atoms with Crippen molar-refractivity contribution in [2.45, 2.75) is 38.4 Å². The van der Waals surface area contributed by atoms with Crippen molar-refractivity contribution in [1.29, 1.82) is 0 Å². The molecule has 0 radical (unpaired) electrons. The molecule has 0 bridgehead atoms. The van der Waals surface area contributed by atoms with Crippen LogP contribution in [0.15, 0.2) is 53.5 Å². The van der Waals surface area contributed by atoms with Gasteiger partial charge in [-0.25, -0.2) is 0 Å². The third-order valence-electron chi connectivity index (χ3n) is 5.66. The standard InChI is InChI=1S/C23H32N4O2.HI/c1-17(18-7-5-4-6-8-18)27-13-11-20(12-14-27)26-23(24-2)25-16-19-15-21(29-3)9-10-22(19)28;/h4-10,15,17,20,28H,11-14,16H2,1-3H3,(H2,24,25,26);1H. The Morgan fingerprint density at radius 1 is 1.20 bits per heavy atom. The molecule has 1 saturated heterocycles. The summed E-state index contributed by atoms with van der Waals surface area (Å²) >= 11 is 0. The molecule has 30 heavy (non-hydrogen) atoms. The number of nitrogens with one attached hydrogen (secondary N) is 2. The van der Waals surface area contributed by atoms with Crippen molar-refractivity contribution in [1.82, 2.24) is 15.5 Å². The molecule has 0 aromatic heterocycles. The number of guanidine groups is 1. The van der Waals surface area contributed by atoms with Gasteiger partial charge in [0.15, 0.2) is 5.96 Å². The minimum atomic E-state index is 0. The Balaban J connectivity index is 0.00000320. The number of likely N-dealkylation sites (tertiary alicyclic amines) is 1. The zero-order valence-electron chi connectivity index (χ0n) is 18.0. The summed E-state index contributed by atoms with van der Waals surface area (Å²) in [5.41, 5.74) is 2.15. The van der Waals surface area contributed by atoms with Crippen LogP contribution in [0.4, 0.5) is 0 Å². The van der Waals surface area contributed by atoms with E-state index in [2.05, 4.69) is 57.8 Å². The average Bonchev–Trinajstić information content (AvgIpc) is 2.78. The molecule has 6 nitrogen and oxygen atoms in total. The molecule has 1 aliphatic rings. The maximum atomic E-state index is 10.1. The summed E-state index contributed by atoms with van der Waals surface area (Å²) in [5, 5.41) is 16.9. The van der Waals surface area contributed by atoms with E-state index in [1.165, 1.54) is 5.56 Å². The molecule has 0 saturated carbocycles. The largest absolute Gasteiger partial charge is 0.508 e. The summed E-state index contributed by atoms with van der Waals surface area (Å²) in [4.78, 5) is 6.88. The Morgan fingerprint density at radius 2 is 1.90 bits per heavy atom. The molecule has 0 spiro atoms. The third-order valence-corrected chi connectivity index (χ3v) is 5.66. The number of hydrogen-bond donors (Lipinski definition) is 3. The first-order valence-corrected chi connectivity index (χ1v) is 10.2. The number of phenolic OH excluding ortho intramolecular Hbond substituents is 1. The smallest absolute Gasteiger partial charge is 0.191 e. The van der Waals surface area contributed by atoms with E-state index in [9.17, 15) is 5.11 Å². The topological polar surface area (TPSA) is 69.1 Å². The quantitative estimate of drug-likeness (QED) is 0.304. The Bertz CT molecular complexity index is 808. The Hall–Kier alpha value is -2.00. The van der Waals surface area contributed by atoms with Gasteiger partial charge in [0.25, 0.3) is 0 Å². The number of phenols is 1. The van der Waals surface area contributed by atoms with Gasteiger partial charge < -0.3 is 20.5 Å². The molecule has 1 unspecified atom stereocenters. The van der Waals surface area contributed by atoms with Crippen LogP contribution in [0, 0.1) is 0 Å². The number of aliphatic imine (C=N–C) groups is 1. The molecule has 1 heterocycles. The normalized spacial score (nSPS) is 16.4. The summed E-state index contributed by atoms with van der Waals surface area (Å²) in [6, 6.07) is 16.7. The summed E-state index contributed by atoms with van der Waals surface area (Å²) in [7, 11) is 3.39. The Labute approximate surface area is 196 Å². The first-order valence-electron chi connectivity index (χ1n) is 10.2. The van der Waals surface area contributed by atoms with Crippen molar-refractivity contribution in [2.24, 2.45) is 4.99 Å². The van der Waals surface area contributed by atoms with E-state index < -0.39 is 0 Å². The van der Waals surface area contributed by atoms with Crippen molar-refractivity contribution in [3.63, 3.8) is 0 Å². The first kappa shape index (κ1) is 24.3. The lowest BCUT2D eigenvalue weighted by Crippen LogP contribution is -2.48. The monoisotopic (exact) mass is 524 g/mol. The van der Waals surface area contributed by atoms with E-state index in [-0.39, 0.29) is 29.7 Å². The minimum absolute atomic E-state index is 0. The second-order valence-electron chi connectivity index (χ2n) is 7.46. The molecule has 2 aromatic rings. The summed E-state index contributed by atoms with van der Waals surface area (Å²) in [6.45, 7) is 4.87. The highest BCUT2D eigenvalue weighted by atomic mass is 127. The molecule has 1 aliphatic heterocycles. The maximum Gasteiger partial charge on any atom is 0.191 e. The average molecular weight is 524 g/mol. The van der Waals surface area contributed by atoms with Crippen molar-refractivity contribution >= 4 is 29.9 Å². The van der Waals surface area contributed by atoms with Crippen LogP contribution in [0.1, 0.15) is 36.9 Å². The molecular formula is C23H33IN4O2. The number of aromatic hydroxyl groups is 1. The molecule has 1 atom stereocenters. The number of piperidine rings is 1. The molecule has 3 rings (SSSR count). The Morgan fingerprint density at radius 3 is 2.53 bits per heavy atom. The molecule has 2 aromatic carbocycles. The summed E-state index contributed by atoms with van der Waals surface area (Å²) in [6.07, 6.45) is 2.14. The van der Waals surface area contributed by atoms with Crippen LogP contribution in [0.25, 0.3) is 0 Å². The molecule has 1 fully saturated rings. The fraction of sp³-hybridized carbons (Fsp3) is 0.435. The molecule has 0 amide bonds. The van der Waals surface area contributed by atoms with Gasteiger partial charge in [-0.1, -0.05) is 30.3 Å². The van der Waals surface area contributed by atoms with Gasteiger partial charge in [0.1, 0.15) is 11.5 Å². The lowest BCUT2D eigenvalue weighted by Gasteiger charge is -2.37. The van der Waals surface area contributed by atoms with Crippen LogP contribution in [0.2, 0.25) is 0 Å². The van der Waals surface area contributed by atoms with Gasteiger partial charge in [-0.3, -0.25) is 9.89 Å². The van der Waals surface area contributed by atoms with Gasteiger partial charge in [0.2, 0.25) is 0 Å². The molecular weight excluding hydrogens is 491 g/mol. The number of halogens is 1. The summed E-state index contributed by atoms with van der Waals surface area (Å²) in [5.74, 6) is 1.72. The van der Waals surface area contributed by atoms with Gasteiger partial charge >= 0.3 is 0 Å². The van der Waals surface area contributed by atoms with E-state index in [1.54, 1.807) is 26.3 Å². The highest BCUT2D eigenvalue weighted by Crippen LogP contribution is 2.24. The van der Waals surface area contributed by atoms with Crippen molar-refractivity contribution in [3.8, 4) is 11.5 Å². The number of benzene rings is 2. The molecule has 3 N–H and O–H groups in total. The fourth-order valence-electron chi connectivity index (χ4n) is 3.77. The zero-order valence-corrected chi connectivity index (χ0v) is 20.3. The van der Waals surface area contributed by atoms with E-state index in [0.29, 0.717) is 18.6 Å². The minimum Gasteiger partial charge on any atom is -0.508 e. The molecule has 0 aliphatic carbocycles. The second-order valence-corrected chi connectivity index (χ2v) is 7.46. The zero-order chi connectivity index (χ0) is 20.6. The predicted octanol–water partition coefficient (Wildman–Crippen LogP) is 3.91. The van der Waals surface area contributed by atoms with E-state index in [1.807, 2.05) is 6.07 Å². The number of ether oxygens (including phenoxy) is 1. The lowest BCUT2D eigenvalue weighted by molar-refractivity contribution is 0.158. The van der Waals surface area contributed by atoms with Crippen LogP contribution in [-0.2, 0) is 6.54 Å². The van der Waals surface area contributed by atoms with Gasteiger partial charge in [-0.2, -0.15) is 0 Å². The van der Waals surface area contributed by atoms with Gasteiger partial charge in [0, 0.05) is 44.3 Å². The Kier molecular flexibility index (Phi) is 9.71. The van der Waals surface area contributed by atoms with E-state index in [0.717, 1.165) is 43.2 Å². The highest BCUT2D eigenvalue weighted by Gasteiger charge is 2.24. The molecule has 7 heteroatoms. The first-order chi connectivity index (χ1) is 14.1. The van der Waals surface area contributed by atoms with Crippen molar-refractivity contribution in [2.75, 3.05) is 27.2 Å². The highest BCUT2D eigenvalue weighted by molar-refractivity contribution is 14.0. The van der Waals surface area contributed by atoms with Crippen LogP contribution in [-0.4, -0.2) is 49.3 Å². The van der Waals surface area contributed by atoms with Gasteiger partial charge in [-0.15, -0.1) is 24.0 Å². The number of methoxy groups -OCH3 is 1. The predicted molar refractivity (Wildman–Crippen MR) is 133 cm³/mol. The number of nitrogens with zero attached hydrogens (tertiary/aromatic N) is 2. The van der Waals surface area contributed by atoms with Crippen LogP contribution in [0.3, 0.4) is 0 Å². The van der Waals surface area contributed by atoms with Gasteiger partial charge in [0.05, 0.1) is 7.11 Å². The summed E-state index contributed by atoms with van der Waals surface area (Å²) < 4.78 is 5.24. The molecule has 164 valence electrons. The SMILES string of the molecule is CN=C(NCc1cc(OC)ccc1O)NC1CCN(C(C)c2ccccc2)CC1.I. The lowest BCUT2D eigenvalue weighted by atomic mass is 10.0. The van der Waals surface area contributed by atoms with Crippen molar-refractivity contribution in [3.05, 3.63) is 59.7 Å². The van der Waals surface area contributed by atoms with Crippen LogP contribution in [0.5, 0.6) is 11.5 Å².